The lowest BCUT2D eigenvalue weighted by atomic mass is 9.72. The van der Waals surface area contributed by atoms with Crippen LogP contribution in [0.15, 0.2) is 30.0 Å². The van der Waals surface area contributed by atoms with E-state index in [1.54, 1.807) is 0 Å². The fourth-order valence-corrected chi connectivity index (χ4v) is 8.92. The lowest BCUT2D eigenvalue weighted by Gasteiger charge is -2.31. The number of hydrogen-bond acceptors (Lipinski definition) is 2. The van der Waals surface area contributed by atoms with Crippen molar-refractivity contribution < 1.29 is 10.2 Å². The molecule has 144 valence electrons. The standard InChI is InChI=1S/C21H20Br4O2/c1-19(2)7-21(12-10(23)6-5-9(22)11(12)19)8-20(3,4)13-14(21)16(25)18(27)17(26)15(13)24/h5-6,26-27H,7-8H2,1-4H3. The molecule has 0 radical (unpaired) electrons. The molecule has 0 fully saturated rings. The van der Waals surface area contributed by atoms with Crippen molar-refractivity contribution in [3.05, 3.63) is 52.3 Å². The van der Waals surface area contributed by atoms with Crippen LogP contribution in [-0.4, -0.2) is 10.2 Å². The van der Waals surface area contributed by atoms with E-state index in [2.05, 4.69) is 104 Å². The van der Waals surface area contributed by atoms with Gasteiger partial charge in [-0.05, 0) is 89.9 Å². The molecule has 0 heterocycles. The lowest BCUT2D eigenvalue weighted by Crippen LogP contribution is -2.27. The highest BCUT2D eigenvalue weighted by Crippen LogP contribution is 2.68. The number of rotatable bonds is 0. The maximum absolute atomic E-state index is 10.6. The van der Waals surface area contributed by atoms with Crippen LogP contribution in [0.2, 0.25) is 0 Å². The molecule has 1 unspecified atom stereocenters. The Balaban J connectivity index is 2.20. The smallest absolute Gasteiger partial charge is 0.173 e. The van der Waals surface area contributed by atoms with E-state index in [4.69, 9.17) is 0 Å². The van der Waals surface area contributed by atoms with Gasteiger partial charge in [0.15, 0.2) is 11.5 Å². The second-order valence-corrected chi connectivity index (χ2v) is 12.4. The number of fused-ring (bicyclic) bond motifs is 4. The van der Waals surface area contributed by atoms with Gasteiger partial charge in [0.05, 0.1) is 8.95 Å². The summed E-state index contributed by atoms with van der Waals surface area (Å²) >= 11 is 14.8. The number of benzene rings is 2. The molecular formula is C21H20Br4O2. The molecule has 0 saturated heterocycles. The van der Waals surface area contributed by atoms with Gasteiger partial charge in [0.25, 0.3) is 0 Å². The van der Waals surface area contributed by atoms with Crippen LogP contribution in [0.4, 0.5) is 0 Å². The summed E-state index contributed by atoms with van der Waals surface area (Å²) in [5.41, 5.74) is 4.30. The quantitative estimate of drug-likeness (QED) is 0.294. The molecule has 0 amide bonds. The Morgan fingerprint density at radius 1 is 0.667 bits per heavy atom. The number of halogens is 4. The van der Waals surface area contributed by atoms with Crippen molar-refractivity contribution in [2.75, 3.05) is 0 Å². The Kier molecular flexibility index (Phi) is 4.49. The highest BCUT2D eigenvalue weighted by atomic mass is 79.9. The minimum absolute atomic E-state index is 0.0327. The van der Waals surface area contributed by atoms with E-state index in [0.29, 0.717) is 8.95 Å². The van der Waals surface area contributed by atoms with Crippen LogP contribution in [0.1, 0.15) is 62.8 Å². The Hall–Kier alpha value is -0.0400. The molecule has 2 aliphatic rings. The van der Waals surface area contributed by atoms with E-state index in [1.165, 1.54) is 11.1 Å². The van der Waals surface area contributed by atoms with Gasteiger partial charge in [-0.2, -0.15) is 0 Å². The summed E-state index contributed by atoms with van der Waals surface area (Å²) in [7, 11) is 0. The van der Waals surface area contributed by atoms with E-state index < -0.39 is 0 Å². The summed E-state index contributed by atoms with van der Waals surface area (Å²) in [6, 6.07) is 4.20. The molecule has 1 spiro atoms. The third kappa shape index (κ3) is 2.52. The fraction of sp³-hybridized carbons (Fsp3) is 0.429. The predicted molar refractivity (Wildman–Crippen MR) is 123 cm³/mol. The second kappa shape index (κ2) is 5.99. The van der Waals surface area contributed by atoms with Crippen LogP contribution in [0, 0.1) is 0 Å². The zero-order valence-corrected chi connectivity index (χ0v) is 21.8. The van der Waals surface area contributed by atoms with E-state index in [-0.39, 0.29) is 27.7 Å². The summed E-state index contributed by atoms with van der Waals surface area (Å²) in [6.07, 6.45) is 1.84. The summed E-state index contributed by atoms with van der Waals surface area (Å²) in [5, 5.41) is 21.1. The van der Waals surface area contributed by atoms with Crippen molar-refractivity contribution in [1.29, 1.82) is 0 Å². The SMILES string of the molecule is CC1(C)CC2(CC(C)(C)c3c(Br)c(O)c(O)c(Br)c32)c2c(Br)ccc(Br)c21. The maximum atomic E-state index is 10.6. The maximum Gasteiger partial charge on any atom is 0.173 e. The summed E-state index contributed by atoms with van der Waals surface area (Å²) in [6.45, 7) is 8.99. The molecule has 2 nitrogen and oxygen atoms in total. The van der Waals surface area contributed by atoms with Gasteiger partial charge in [-0.25, -0.2) is 0 Å². The molecule has 2 aromatic rings. The van der Waals surface area contributed by atoms with Gasteiger partial charge in [-0.15, -0.1) is 0 Å². The number of phenols is 2. The van der Waals surface area contributed by atoms with Crippen LogP contribution in [0.5, 0.6) is 11.5 Å². The summed E-state index contributed by atoms with van der Waals surface area (Å²) in [5.74, 6) is -0.202. The zero-order chi connectivity index (χ0) is 20.1. The average molecular weight is 624 g/mol. The highest BCUT2D eigenvalue weighted by Gasteiger charge is 2.59. The first-order chi connectivity index (χ1) is 12.3. The van der Waals surface area contributed by atoms with Crippen molar-refractivity contribution in [1.82, 2.24) is 0 Å². The van der Waals surface area contributed by atoms with Gasteiger partial charge in [-0.1, -0.05) is 59.6 Å². The first kappa shape index (κ1) is 20.2. The monoisotopic (exact) mass is 620 g/mol. The number of hydrogen-bond donors (Lipinski definition) is 2. The molecule has 0 saturated carbocycles. The fourth-order valence-electron chi connectivity index (χ4n) is 5.66. The zero-order valence-electron chi connectivity index (χ0n) is 15.5. The molecule has 2 aromatic carbocycles. The molecule has 2 aliphatic carbocycles. The van der Waals surface area contributed by atoms with Crippen molar-refractivity contribution >= 4 is 63.7 Å². The van der Waals surface area contributed by atoms with Crippen LogP contribution in [-0.2, 0) is 16.2 Å². The molecular weight excluding hydrogens is 604 g/mol. The van der Waals surface area contributed by atoms with Crippen molar-refractivity contribution in [3.63, 3.8) is 0 Å². The Labute approximate surface area is 193 Å². The number of aromatic hydroxyl groups is 2. The first-order valence-electron chi connectivity index (χ1n) is 8.78. The minimum Gasteiger partial charge on any atom is -0.503 e. The van der Waals surface area contributed by atoms with Crippen molar-refractivity contribution in [2.24, 2.45) is 0 Å². The van der Waals surface area contributed by atoms with Gasteiger partial charge in [0.1, 0.15) is 0 Å². The van der Waals surface area contributed by atoms with Gasteiger partial charge in [0.2, 0.25) is 0 Å². The van der Waals surface area contributed by atoms with Crippen LogP contribution in [0.25, 0.3) is 0 Å². The molecule has 4 rings (SSSR count). The van der Waals surface area contributed by atoms with Crippen LogP contribution >= 0.6 is 63.7 Å². The van der Waals surface area contributed by atoms with Gasteiger partial charge in [-0.3, -0.25) is 0 Å². The Morgan fingerprint density at radius 2 is 1.07 bits per heavy atom. The second-order valence-electron chi connectivity index (χ2n) is 9.06. The molecule has 0 bridgehead atoms. The van der Waals surface area contributed by atoms with Crippen molar-refractivity contribution in [2.45, 2.75) is 56.8 Å². The summed E-state index contributed by atoms with van der Waals surface area (Å²) < 4.78 is 3.40. The molecule has 2 N–H and O–H groups in total. The third-order valence-electron chi connectivity index (χ3n) is 6.23. The molecule has 27 heavy (non-hydrogen) atoms. The van der Waals surface area contributed by atoms with Gasteiger partial charge < -0.3 is 10.2 Å². The average Bonchev–Trinajstić information content (AvgIpc) is 2.93. The molecule has 1 atom stereocenters. The van der Waals surface area contributed by atoms with Crippen LogP contribution in [0.3, 0.4) is 0 Å². The highest BCUT2D eigenvalue weighted by molar-refractivity contribution is 9.11. The number of phenolic OH excluding ortho intramolecular Hbond substituents is 2. The Morgan fingerprint density at radius 3 is 1.59 bits per heavy atom. The lowest BCUT2D eigenvalue weighted by molar-refractivity contribution is 0.347. The van der Waals surface area contributed by atoms with Crippen molar-refractivity contribution in [3.8, 4) is 11.5 Å². The summed E-state index contributed by atoms with van der Waals surface area (Å²) in [4.78, 5) is 0. The van der Waals surface area contributed by atoms with E-state index in [1.807, 2.05) is 0 Å². The topological polar surface area (TPSA) is 40.5 Å². The molecule has 0 aliphatic heterocycles. The van der Waals surface area contributed by atoms with E-state index in [0.717, 1.165) is 32.9 Å². The van der Waals surface area contributed by atoms with E-state index >= 15 is 0 Å². The molecule has 0 aromatic heterocycles. The first-order valence-corrected chi connectivity index (χ1v) is 12.0. The van der Waals surface area contributed by atoms with Gasteiger partial charge >= 0.3 is 0 Å². The van der Waals surface area contributed by atoms with E-state index in [9.17, 15) is 10.2 Å². The third-order valence-corrected chi connectivity index (χ3v) is 9.10. The normalized spacial score (nSPS) is 24.3. The molecule has 6 heteroatoms. The minimum atomic E-state index is -0.257. The largest absolute Gasteiger partial charge is 0.503 e. The van der Waals surface area contributed by atoms with Gasteiger partial charge in [0, 0.05) is 14.4 Å². The predicted octanol–water partition coefficient (Wildman–Crippen LogP) is 7.80. The van der Waals surface area contributed by atoms with Crippen LogP contribution < -0.4 is 0 Å². The Bertz CT molecular complexity index is 1010.